The fourth-order valence-corrected chi connectivity index (χ4v) is 8.35. The van der Waals surface area contributed by atoms with Crippen molar-refractivity contribution in [1.82, 2.24) is 0 Å². The second-order valence-electron chi connectivity index (χ2n) is 16.6. The summed E-state index contributed by atoms with van der Waals surface area (Å²) in [7, 11) is 2.20. The molecule has 67 heavy (non-hydrogen) atoms. The van der Waals surface area contributed by atoms with Crippen molar-refractivity contribution in [2.75, 3.05) is 27.4 Å². The number of halogens is 10. The molecule has 0 N–H and O–H groups in total. The highest BCUT2D eigenvalue weighted by Gasteiger charge is 2.46. The predicted octanol–water partition coefficient (Wildman–Crippen LogP) is 14.8. The lowest BCUT2D eigenvalue weighted by Gasteiger charge is -2.30. The van der Waals surface area contributed by atoms with E-state index in [1.807, 2.05) is 13.8 Å². The van der Waals surface area contributed by atoms with E-state index < -0.39 is 95.8 Å². The zero-order valence-electron chi connectivity index (χ0n) is 37.5. The van der Waals surface area contributed by atoms with Gasteiger partial charge in [-0.25, -0.2) is 0 Å². The van der Waals surface area contributed by atoms with E-state index in [1.165, 1.54) is 48.5 Å². The maximum Gasteiger partial charge on any atom is 0.394 e. The van der Waals surface area contributed by atoms with E-state index in [-0.39, 0.29) is 35.1 Å². The van der Waals surface area contributed by atoms with Gasteiger partial charge in [0.05, 0.1) is 36.2 Å². The van der Waals surface area contributed by atoms with Crippen molar-refractivity contribution in [2.24, 2.45) is 11.8 Å². The van der Waals surface area contributed by atoms with Gasteiger partial charge in [-0.2, -0.15) is 43.9 Å². The van der Waals surface area contributed by atoms with Crippen LogP contribution in [0.15, 0.2) is 133 Å². The monoisotopic (exact) mass is 938 g/mol. The molecule has 0 spiro atoms. The highest BCUT2D eigenvalue weighted by molar-refractivity contribution is 5.58. The normalized spacial score (nSPS) is 13.4. The Morgan fingerprint density at radius 3 is 1.04 bits per heavy atom. The summed E-state index contributed by atoms with van der Waals surface area (Å²) in [4.78, 5) is 0. The van der Waals surface area contributed by atoms with Gasteiger partial charge >= 0.3 is 24.2 Å². The minimum atomic E-state index is -4.80. The molecule has 0 aromatic heterocycles. The van der Waals surface area contributed by atoms with Crippen molar-refractivity contribution < 1.29 is 58.1 Å². The maximum atomic E-state index is 17.7. The van der Waals surface area contributed by atoms with E-state index in [1.54, 1.807) is 48.5 Å². The first kappa shape index (κ1) is 50.7. The molecule has 0 radical (unpaired) electrons. The van der Waals surface area contributed by atoms with Gasteiger partial charge in [0.15, 0.2) is 0 Å². The zero-order valence-corrected chi connectivity index (χ0v) is 37.5. The van der Waals surface area contributed by atoms with Crippen molar-refractivity contribution >= 4 is 0 Å². The molecule has 0 aliphatic heterocycles. The Kier molecular flexibility index (Phi) is 16.3. The van der Waals surface area contributed by atoms with Crippen LogP contribution in [0.1, 0.15) is 80.6 Å². The summed E-state index contributed by atoms with van der Waals surface area (Å²) in [5.74, 6) is -13.5. The molecular weight excluding hydrogens is 887 g/mol. The van der Waals surface area contributed by atoms with Gasteiger partial charge in [0.1, 0.15) is 11.5 Å². The summed E-state index contributed by atoms with van der Waals surface area (Å²) in [5, 5.41) is 0. The molecule has 6 rings (SSSR count). The molecule has 0 aliphatic carbocycles. The third kappa shape index (κ3) is 12.1. The average molecular weight is 939 g/mol. The molecule has 0 aliphatic rings. The van der Waals surface area contributed by atoms with Crippen LogP contribution in [0.2, 0.25) is 0 Å². The van der Waals surface area contributed by atoms with E-state index in [0.717, 1.165) is 61.7 Å². The van der Waals surface area contributed by atoms with Crippen LogP contribution in [0.4, 0.5) is 43.9 Å². The summed E-state index contributed by atoms with van der Waals surface area (Å²) < 4.78 is 174. The smallest absolute Gasteiger partial charge is 0.394 e. The number of benzene rings is 6. The van der Waals surface area contributed by atoms with Crippen LogP contribution < -0.4 is 4.74 Å². The summed E-state index contributed by atoms with van der Waals surface area (Å²) in [5.41, 5.74) is -0.689. The van der Waals surface area contributed by atoms with Crippen LogP contribution in [-0.2, 0) is 59.8 Å². The Bertz CT molecular complexity index is 2340. The lowest BCUT2D eigenvalue weighted by atomic mass is 9.84. The van der Waals surface area contributed by atoms with Crippen molar-refractivity contribution in [3.05, 3.63) is 200 Å². The maximum absolute atomic E-state index is 17.7. The standard InChI is InChI=1S/C54H52F10O3/c1-5-35-17-21-37(22-18-35)29-45-39(31-43(33-65-3)53(59,60)61)25-27-47(49(45)51(55,56)41-13-9-7-10-14-41)67-48-28-26-40(32-44(34-66-4)54(62,63)64)46(30-38-23-19-36(6-2)20-24-38)50(48)52(57,58)42-15-11-8-12-16-42/h7-28,43-44H,5-6,29-34H2,1-4H3. The molecule has 13 heteroatoms. The molecule has 356 valence electrons. The van der Waals surface area contributed by atoms with Gasteiger partial charge in [0.2, 0.25) is 0 Å². The molecule has 0 bridgehead atoms. The molecule has 6 aromatic rings. The van der Waals surface area contributed by atoms with Crippen LogP contribution in [0.3, 0.4) is 0 Å². The molecule has 0 fully saturated rings. The Morgan fingerprint density at radius 2 is 0.746 bits per heavy atom. The third-order valence-corrected chi connectivity index (χ3v) is 12.1. The molecule has 2 unspecified atom stereocenters. The van der Waals surface area contributed by atoms with Gasteiger partial charge in [0.25, 0.3) is 0 Å². The molecule has 0 heterocycles. The third-order valence-electron chi connectivity index (χ3n) is 12.1. The van der Waals surface area contributed by atoms with Gasteiger partial charge in [-0.15, -0.1) is 0 Å². The highest BCUT2D eigenvalue weighted by Crippen LogP contribution is 2.50. The van der Waals surface area contributed by atoms with Crippen molar-refractivity contribution in [1.29, 1.82) is 0 Å². The fourth-order valence-electron chi connectivity index (χ4n) is 8.35. The number of hydrogen-bond acceptors (Lipinski definition) is 3. The summed E-state index contributed by atoms with van der Waals surface area (Å²) in [6.45, 7) is 2.29. The van der Waals surface area contributed by atoms with Crippen molar-refractivity contribution in [3.63, 3.8) is 0 Å². The van der Waals surface area contributed by atoms with Crippen LogP contribution in [0, 0.1) is 11.8 Å². The Labute approximate surface area is 384 Å². The predicted molar refractivity (Wildman–Crippen MR) is 239 cm³/mol. The molecule has 0 amide bonds. The largest absolute Gasteiger partial charge is 0.456 e. The quantitative estimate of drug-likeness (QED) is 0.0714. The number of methoxy groups -OCH3 is 2. The second kappa shape index (κ2) is 21.5. The first-order chi connectivity index (χ1) is 31.8. The van der Waals surface area contributed by atoms with Gasteiger partial charge < -0.3 is 14.2 Å². The van der Waals surface area contributed by atoms with Crippen LogP contribution in [0.5, 0.6) is 11.5 Å². The van der Waals surface area contributed by atoms with Crippen molar-refractivity contribution in [3.8, 4) is 11.5 Å². The summed E-state index contributed by atoms with van der Waals surface area (Å²) in [6, 6.07) is 31.4. The van der Waals surface area contributed by atoms with Crippen LogP contribution in [-0.4, -0.2) is 39.8 Å². The Morgan fingerprint density at radius 1 is 0.418 bits per heavy atom. The average Bonchev–Trinajstić information content (AvgIpc) is 3.30. The molecule has 6 aromatic carbocycles. The molecule has 2 atom stereocenters. The highest BCUT2D eigenvalue weighted by atomic mass is 19.4. The molecular formula is C54H52F10O3. The van der Waals surface area contributed by atoms with Crippen molar-refractivity contribution in [2.45, 2.75) is 76.6 Å². The lowest BCUT2D eigenvalue weighted by molar-refractivity contribution is -0.186. The minimum Gasteiger partial charge on any atom is -0.456 e. The number of alkyl halides is 10. The second-order valence-corrected chi connectivity index (χ2v) is 16.6. The van der Waals surface area contributed by atoms with Crippen LogP contribution in [0.25, 0.3) is 0 Å². The molecule has 0 saturated heterocycles. The lowest BCUT2D eigenvalue weighted by Crippen LogP contribution is -2.30. The van der Waals surface area contributed by atoms with Gasteiger partial charge in [0, 0.05) is 25.3 Å². The van der Waals surface area contributed by atoms with E-state index in [0.29, 0.717) is 24.0 Å². The topological polar surface area (TPSA) is 27.7 Å². The van der Waals surface area contributed by atoms with E-state index >= 15 is 17.6 Å². The number of ether oxygens (including phenoxy) is 3. The SMILES string of the molecule is CCc1ccc(Cc2c(CC(COC)C(F)(F)F)ccc(Oc3ccc(CC(COC)C(F)(F)F)c(Cc4ccc(CC)cc4)c3C(F)(F)c3ccccc3)c2C(F)(F)c2ccccc2)cc1. The Balaban J connectivity index is 1.68. The Hall–Kier alpha value is -5.66. The first-order valence-corrected chi connectivity index (χ1v) is 21.9. The van der Waals surface area contributed by atoms with Gasteiger partial charge in [-0.3, -0.25) is 0 Å². The van der Waals surface area contributed by atoms with E-state index in [2.05, 4.69) is 0 Å². The van der Waals surface area contributed by atoms with Crippen LogP contribution >= 0.6 is 0 Å². The molecule has 3 nitrogen and oxygen atoms in total. The first-order valence-electron chi connectivity index (χ1n) is 21.9. The zero-order chi connectivity index (χ0) is 48.6. The van der Waals surface area contributed by atoms with Gasteiger partial charge in [-0.05, 0) is 95.2 Å². The fraction of sp³-hybridized carbons (Fsp3) is 0.333. The minimum absolute atomic E-state index is 0.102. The number of aryl methyl sites for hydroxylation is 2. The summed E-state index contributed by atoms with van der Waals surface area (Å²) >= 11 is 0. The van der Waals surface area contributed by atoms with Gasteiger partial charge in [-0.1, -0.05) is 135 Å². The molecule has 0 saturated carbocycles. The summed E-state index contributed by atoms with van der Waals surface area (Å²) in [6.07, 6.45) is -10.5. The van der Waals surface area contributed by atoms with E-state index in [9.17, 15) is 26.3 Å². The number of rotatable bonds is 20. The van der Waals surface area contributed by atoms with E-state index in [4.69, 9.17) is 14.2 Å². The number of hydrogen-bond donors (Lipinski definition) is 0.